The van der Waals surface area contributed by atoms with Crippen molar-refractivity contribution in [1.29, 1.82) is 0 Å². The van der Waals surface area contributed by atoms with E-state index in [1.54, 1.807) is 0 Å². The van der Waals surface area contributed by atoms with Gasteiger partial charge in [0.1, 0.15) is 13.1 Å². The molecule has 6 rings (SSSR count). The zero-order valence-corrected chi connectivity index (χ0v) is 21.2. The molecular formula is C29H33N2O3S+. The van der Waals surface area contributed by atoms with Gasteiger partial charge in [-0.15, -0.1) is 11.3 Å². The Labute approximate surface area is 211 Å². The Balaban J connectivity index is 1.33. The smallest absolute Gasteiger partial charge is 0.333 e. The summed E-state index contributed by atoms with van der Waals surface area (Å²) in [6.45, 7) is 6.44. The summed E-state index contributed by atoms with van der Waals surface area (Å²) < 4.78 is 6.97. The number of nitrogens with zero attached hydrogens (tertiary/aromatic N) is 1. The molecule has 0 radical (unpaired) electrons. The molecule has 2 bridgehead atoms. The van der Waals surface area contributed by atoms with E-state index in [4.69, 9.17) is 4.74 Å². The molecular weight excluding hydrogens is 456 g/mol. The van der Waals surface area contributed by atoms with Crippen molar-refractivity contribution in [2.45, 2.75) is 44.9 Å². The number of carbonyl (C=O) groups is 2. The highest BCUT2D eigenvalue weighted by Gasteiger charge is 2.53. The third-order valence-corrected chi connectivity index (χ3v) is 8.87. The number of hydrogen-bond donors (Lipinski definition) is 1. The molecule has 3 fully saturated rings. The number of ether oxygens (including phenoxy) is 1. The fraction of sp³-hybridized carbons (Fsp3) is 0.379. The highest BCUT2D eigenvalue weighted by molar-refractivity contribution is 7.12. The van der Waals surface area contributed by atoms with Crippen LogP contribution in [0.3, 0.4) is 0 Å². The van der Waals surface area contributed by atoms with Crippen LogP contribution in [0.4, 0.5) is 5.69 Å². The lowest BCUT2D eigenvalue weighted by Gasteiger charge is -2.55. The molecule has 0 saturated carbocycles. The standard InChI is InChI=1S/C29H33N2O3S/c1-20-15-27(35-19-20)25(32)17-31-14-13-23(16-21(31)2)26(18-31)34-29(33)28(22-9-5-3-6-10-22)30-24-11-7-4-8-12-24/h3-12,15,19,21,23,26,28,30H,13-14,16-18H2,1-2H3/q+1. The summed E-state index contributed by atoms with van der Waals surface area (Å²) in [5, 5.41) is 5.41. The summed E-state index contributed by atoms with van der Waals surface area (Å²) in [4.78, 5) is 27.6. The molecule has 4 heterocycles. The summed E-state index contributed by atoms with van der Waals surface area (Å²) in [5.74, 6) is 0.291. The van der Waals surface area contributed by atoms with E-state index in [0.29, 0.717) is 29.5 Å². The molecule has 3 aromatic rings. The SMILES string of the molecule is Cc1csc(C(=O)C[N+]23CCC(CC2C)C(OC(=O)C(Nc2ccccc2)c2ccccc2)C3)c1. The number of para-hydroxylation sites is 1. The maximum atomic E-state index is 13.6. The van der Waals surface area contributed by atoms with E-state index >= 15 is 0 Å². The zero-order valence-electron chi connectivity index (χ0n) is 20.4. The number of nitrogens with one attached hydrogen (secondary N) is 1. The molecule has 182 valence electrons. The van der Waals surface area contributed by atoms with E-state index in [9.17, 15) is 9.59 Å². The van der Waals surface area contributed by atoms with Crippen molar-refractivity contribution < 1.29 is 18.8 Å². The van der Waals surface area contributed by atoms with E-state index < -0.39 is 6.04 Å². The van der Waals surface area contributed by atoms with Crippen LogP contribution in [-0.2, 0) is 9.53 Å². The Kier molecular flexibility index (Phi) is 6.76. The fourth-order valence-electron chi connectivity index (χ4n) is 5.76. The minimum absolute atomic E-state index is 0.172. The Hall–Kier alpha value is -2.96. The first-order valence-corrected chi connectivity index (χ1v) is 13.3. The molecule has 6 heteroatoms. The van der Waals surface area contributed by atoms with Crippen molar-refractivity contribution in [3.8, 4) is 0 Å². The first-order valence-electron chi connectivity index (χ1n) is 12.4. The van der Waals surface area contributed by atoms with Gasteiger partial charge in [-0.25, -0.2) is 4.79 Å². The number of Topliss-reactive ketones (excluding diaryl/α,β-unsaturated/α-hetero) is 1. The molecule has 1 aromatic heterocycles. The Bertz CT molecular complexity index is 1180. The van der Waals surface area contributed by atoms with Crippen LogP contribution in [0.2, 0.25) is 0 Å². The third-order valence-electron chi connectivity index (χ3n) is 7.78. The zero-order chi connectivity index (χ0) is 24.4. The van der Waals surface area contributed by atoms with E-state index in [0.717, 1.165) is 41.1 Å². The van der Waals surface area contributed by atoms with Gasteiger partial charge in [-0.2, -0.15) is 0 Å². The summed E-state index contributed by atoms with van der Waals surface area (Å²) in [6.07, 6.45) is 1.80. The number of quaternary nitrogens is 1. The predicted octanol–water partition coefficient (Wildman–Crippen LogP) is 5.63. The lowest BCUT2D eigenvalue weighted by Crippen LogP contribution is -2.69. The van der Waals surface area contributed by atoms with Gasteiger partial charge in [0.2, 0.25) is 5.78 Å². The van der Waals surface area contributed by atoms with Gasteiger partial charge >= 0.3 is 5.97 Å². The van der Waals surface area contributed by atoms with Crippen LogP contribution in [0.1, 0.15) is 46.6 Å². The number of benzene rings is 2. The number of hydrogen-bond acceptors (Lipinski definition) is 5. The van der Waals surface area contributed by atoms with Crippen LogP contribution in [0.25, 0.3) is 0 Å². The Morgan fingerprint density at radius 2 is 1.83 bits per heavy atom. The van der Waals surface area contributed by atoms with Crippen molar-refractivity contribution in [3.63, 3.8) is 0 Å². The van der Waals surface area contributed by atoms with Crippen molar-refractivity contribution in [1.82, 2.24) is 0 Å². The molecule has 2 aromatic carbocycles. The quantitative estimate of drug-likeness (QED) is 0.253. The molecule has 0 spiro atoms. The Morgan fingerprint density at radius 3 is 2.49 bits per heavy atom. The average Bonchev–Trinajstić information content (AvgIpc) is 3.31. The van der Waals surface area contributed by atoms with Crippen LogP contribution >= 0.6 is 11.3 Å². The van der Waals surface area contributed by atoms with Gasteiger partial charge in [0.25, 0.3) is 0 Å². The highest BCUT2D eigenvalue weighted by Crippen LogP contribution is 2.41. The van der Waals surface area contributed by atoms with Crippen LogP contribution in [0.5, 0.6) is 0 Å². The second kappa shape index (κ2) is 9.96. The van der Waals surface area contributed by atoms with Gasteiger partial charge in [0.15, 0.2) is 12.1 Å². The van der Waals surface area contributed by atoms with Crippen LogP contribution in [-0.4, -0.2) is 48.0 Å². The average molecular weight is 490 g/mol. The Morgan fingerprint density at radius 1 is 1.11 bits per heavy atom. The van der Waals surface area contributed by atoms with Gasteiger partial charge in [-0.05, 0) is 48.6 Å². The van der Waals surface area contributed by atoms with E-state index in [1.807, 2.05) is 79.0 Å². The van der Waals surface area contributed by atoms with Crippen LogP contribution < -0.4 is 5.32 Å². The van der Waals surface area contributed by atoms with Gasteiger partial charge < -0.3 is 14.5 Å². The molecule has 5 atom stereocenters. The van der Waals surface area contributed by atoms with Crippen molar-refractivity contribution >= 4 is 28.8 Å². The molecule has 35 heavy (non-hydrogen) atoms. The number of carbonyl (C=O) groups excluding carboxylic acids is 2. The predicted molar refractivity (Wildman–Crippen MR) is 140 cm³/mol. The molecule has 0 amide bonds. The molecule has 3 aliphatic rings. The normalized spacial score (nSPS) is 26.2. The minimum Gasteiger partial charge on any atom is -0.454 e. The van der Waals surface area contributed by atoms with Crippen molar-refractivity contribution in [2.24, 2.45) is 5.92 Å². The number of rotatable bonds is 8. The second-order valence-corrected chi connectivity index (χ2v) is 11.1. The number of thiophene rings is 1. The summed E-state index contributed by atoms with van der Waals surface area (Å²) >= 11 is 1.53. The van der Waals surface area contributed by atoms with E-state index in [-0.39, 0.29) is 17.9 Å². The van der Waals surface area contributed by atoms with Gasteiger partial charge in [-0.3, -0.25) is 4.79 Å². The monoisotopic (exact) mass is 489 g/mol. The lowest BCUT2D eigenvalue weighted by atomic mass is 9.78. The topological polar surface area (TPSA) is 55.4 Å². The molecule has 1 N–H and O–H groups in total. The van der Waals surface area contributed by atoms with Crippen molar-refractivity contribution in [3.05, 3.63) is 88.1 Å². The molecule has 3 saturated heterocycles. The summed E-state index contributed by atoms with van der Waals surface area (Å²) in [5.41, 5.74) is 2.89. The fourth-order valence-corrected chi connectivity index (χ4v) is 6.59. The van der Waals surface area contributed by atoms with Crippen LogP contribution in [0, 0.1) is 12.8 Å². The van der Waals surface area contributed by atoms with E-state index in [1.165, 1.54) is 11.3 Å². The molecule has 5 nitrogen and oxygen atoms in total. The van der Waals surface area contributed by atoms with Gasteiger partial charge in [0.05, 0.1) is 17.5 Å². The highest BCUT2D eigenvalue weighted by atomic mass is 32.1. The number of ketones is 1. The van der Waals surface area contributed by atoms with Gasteiger partial charge in [-0.1, -0.05) is 48.5 Å². The second-order valence-electron chi connectivity index (χ2n) is 10.2. The number of piperidine rings is 3. The maximum absolute atomic E-state index is 13.6. The summed E-state index contributed by atoms with van der Waals surface area (Å²) in [7, 11) is 0. The number of aryl methyl sites for hydroxylation is 1. The molecule has 3 aliphatic heterocycles. The van der Waals surface area contributed by atoms with Crippen molar-refractivity contribution in [2.75, 3.05) is 25.0 Å². The lowest BCUT2D eigenvalue weighted by molar-refractivity contribution is -0.960. The largest absolute Gasteiger partial charge is 0.454 e. The molecule has 0 aliphatic carbocycles. The number of anilines is 1. The number of fused-ring (bicyclic) bond motifs is 3. The molecule has 5 unspecified atom stereocenters. The minimum atomic E-state index is -0.587. The first-order chi connectivity index (χ1) is 16.9. The third kappa shape index (κ3) is 5.04. The van der Waals surface area contributed by atoms with Gasteiger partial charge in [0, 0.05) is 24.4 Å². The van der Waals surface area contributed by atoms with Crippen LogP contribution in [0.15, 0.2) is 72.1 Å². The van der Waals surface area contributed by atoms with E-state index in [2.05, 4.69) is 12.2 Å². The maximum Gasteiger partial charge on any atom is 0.333 e. The summed E-state index contributed by atoms with van der Waals surface area (Å²) in [6, 6.07) is 21.3. The first kappa shape index (κ1) is 23.8. The number of esters is 1.